The van der Waals surface area contributed by atoms with Crippen molar-refractivity contribution in [3.05, 3.63) is 93.4 Å². The summed E-state index contributed by atoms with van der Waals surface area (Å²) >= 11 is 0. The quantitative estimate of drug-likeness (QED) is 0.288. The fourth-order valence-electron chi connectivity index (χ4n) is 5.05. The number of nitrogens with zero attached hydrogens (tertiary/aromatic N) is 4. The molecule has 5 rings (SSSR count). The summed E-state index contributed by atoms with van der Waals surface area (Å²) in [5, 5.41) is 10.1. The maximum Gasteiger partial charge on any atom is 0.407 e. The van der Waals surface area contributed by atoms with Crippen LogP contribution in [0.2, 0.25) is 0 Å². The van der Waals surface area contributed by atoms with Gasteiger partial charge in [-0.05, 0) is 58.0 Å². The zero-order chi connectivity index (χ0) is 24.2. The molecule has 178 valence electrons. The van der Waals surface area contributed by atoms with Gasteiger partial charge in [-0.25, -0.2) is 4.79 Å². The predicted molar refractivity (Wildman–Crippen MR) is 137 cm³/mol. The van der Waals surface area contributed by atoms with Gasteiger partial charge in [-0.2, -0.15) is 0 Å². The molecule has 3 aromatic rings. The van der Waals surface area contributed by atoms with Crippen LogP contribution >= 0.6 is 0 Å². The molecule has 0 spiro atoms. The van der Waals surface area contributed by atoms with Gasteiger partial charge in [-0.1, -0.05) is 53.6 Å². The van der Waals surface area contributed by atoms with Crippen LogP contribution in [-0.2, 0) is 11.3 Å². The van der Waals surface area contributed by atoms with E-state index in [1.54, 1.807) is 0 Å². The summed E-state index contributed by atoms with van der Waals surface area (Å²) in [7, 11) is 0. The van der Waals surface area contributed by atoms with Crippen molar-refractivity contribution < 1.29 is 9.53 Å². The van der Waals surface area contributed by atoms with E-state index in [1.165, 1.54) is 22.3 Å². The van der Waals surface area contributed by atoms with Gasteiger partial charge in [-0.15, -0.1) is 0 Å². The van der Waals surface area contributed by atoms with Crippen molar-refractivity contribution in [3.63, 3.8) is 0 Å². The number of hydrogen-bond donors (Lipinski definition) is 2. The van der Waals surface area contributed by atoms with Gasteiger partial charge in [0.15, 0.2) is 0 Å². The Morgan fingerprint density at radius 1 is 1.11 bits per heavy atom. The average molecular weight is 469 g/mol. The molecule has 35 heavy (non-hydrogen) atoms. The van der Waals surface area contributed by atoms with Crippen molar-refractivity contribution in [2.75, 3.05) is 37.7 Å². The number of carbonyl (C=O) groups is 1. The highest BCUT2D eigenvalue weighted by atomic mass is 16.5. The molecule has 1 aliphatic carbocycles. The number of fused-ring (bicyclic) bond motifs is 3. The fraction of sp³-hybridized carbons (Fsp3) is 0.296. The lowest BCUT2D eigenvalue weighted by Gasteiger charge is -2.31. The van der Waals surface area contributed by atoms with Crippen molar-refractivity contribution in [1.82, 2.24) is 10.6 Å². The van der Waals surface area contributed by atoms with Gasteiger partial charge in [0.1, 0.15) is 6.61 Å². The number of amides is 1. The first-order valence-electron chi connectivity index (χ1n) is 11.9. The number of anilines is 1. The van der Waals surface area contributed by atoms with Crippen molar-refractivity contribution in [2.24, 2.45) is 5.11 Å². The Balaban J connectivity index is 1.27. The van der Waals surface area contributed by atoms with Gasteiger partial charge < -0.3 is 20.3 Å². The Morgan fingerprint density at radius 3 is 2.43 bits per heavy atom. The fourth-order valence-corrected chi connectivity index (χ4v) is 5.05. The predicted octanol–water partition coefficient (Wildman–Crippen LogP) is 5.39. The molecular formula is C27H28N6O2. The summed E-state index contributed by atoms with van der Waals surface area (Å²) in [4.78, 5) is 17.9. The third kappa shape index (κ3) is 4.67. The SMILES string of the molecule is Cc1c(N=[N+]=[N-])cc(CNC(=O)OCC2c3ccccc3-c3ccccc32)cc1N1CCNCC1. The van der Waals surface area contributed by atoms with Gasteiger partial charge in [0.05, 0.1) is 0 Å². The van der Waals surface area contributed by atoms with Gasteiger partial charge in [-0.3, -0.25) is 0 Å². The highest BCUT2D eigenvalue weighted by Gasteiger charge is 2.29. The number of hydrogen-bond acceptors (Lipinski definition) is 5. The number of azide groups is 1. The molecule has 1 amide bonds. The van der Waals surface area contributed by atoms with Crippen LogP contribution < -0.4 is 15.5 Å². The molecule has 0 atom stereocenters. The maximum atomic E-state index is 12.6. The summed E-state index contributed by atoms with van der Waals surface area (Å²) in [6.45, 7) is 6.06. The lowest BCUT2D eigenvalue weighted by molar-refractivity contribution is 0.142. The second-order valence-corrected chi connectivity index (χ2v) is 8.86. The largest absolute Gasteiger partial charge is 0.449 e. The minimum absolute atomic E-state index is 0.0170. The molecule has 0 radical (unpaired) electrons. The maximum absolute atomic E-state index is 12.6. The number of carbonyl (C=O) groups excluding carboxylic acids is 1. The first-order chi connectivity index (χ1) is 17.2. The van der Waals surface area contributed by atoms with E-state index in [-0.39, 0.29) is 19.1 Å². The molecule has 3 aromatic carbocycles. The summed E-state index contributed by atoms with van der Waals surface area (Å²) in [5.74, 6) is 0.0170. The van der Waals surface area contributed by atoms with Gasteiger partial charge >= 0.3 is 6.09 Å². The topological polar surface area (TPSA) is 102 Å². The summed E-state index contributed by atoms with van der Waals surface area (Å²) < 4.78 is 5.66. The number of benzene rings is 3. The Morgan fingerprint density at radius 2 is 1.77 bits per heavy atom. The van der Waals surface area contributed by atoms with Crippen LogP contribution in [0, 0.1) is 6.92 Å². The lowest BCUT2D eigenvalue weighted by Crippen LogP contribution is -2.43. The standard InChI is InChI=1S/C27H28N6O2/c1-18-25(31-32-28)14-19(15-26(18)33-12-10-29-11-13-33)16-30-27(34)35-17-24-22-8-4-2-6-20(22)21-7-3-5-9-23(21)24/h2-9,14-15,24,29H,10-13,16-17H2,1H3,(H,30,34). The Kier molecular flexibility index (Phi) is 6.57. The molecule has 0 aromatic heterocycles. The molecule has 8 heteroatoms. The van der Waals surface area contributed by atoms with Crippen LogP contribution in [0.25, 0.3) is 21.6 Å². The summed E-state index contributed by atoms with van der Waals surface area (Å²) in [6, 6.07) is 20.4. The van der Waals surface area contributed by atoms with Gasteiger partial charge in [0, 0.05) is 54.9 Å². The minimum Gasteiger partial charge on any atom is -0.449 e. The summed E-state index contributed by atoms with van der Waals surface area (Å²) in [6.07, 6.45) is -0.471. The molecule has 0 saturated carbocycles. The van der Waals surface area contributed by atoms with Crippen LogP contribution in [-0.4, -0.2) is 38.9 Å². The Bertz CT molecular complexity index is 1250. The highest BCUT2D eigenvalue weighted by molar-refractivity contribution is 5.79. The van der Waals surface area contributed by atoms with Gasteiger partial charge in [0.2, 0.25) is 0 Å². The van der Waals surface area contributed by atoms with Crippen molar-refractivity contribution in [3.8, 4) is 11.1 Å². The third-order valence-electron chi connectivity index (χ3n) is 6.80. The zero-order valence-electron chi connectivity index (χ0n) is 19.7. The van der Waals surface area contributed by atoms with Crippen LogP contribution in [0.4, 0.5) is 16.2 Å². The number of piperazine rings is 1. The third-order valence-corrected chi connectivity index (χ3v) is 6.80. The Labute approximate surface area is 204 Å². The van der Waals surface area contributed by atoms with E-state index in [0.717, 1.165) is 43.0 Å². The molecule has 1 fully saturated rings. The number of ether oxygens (including phenoxy) is 1. The van der Waals surface area contributed by atoms with Gasteiger partial charge in [0.25, 0.3) is 0 Å². The number of nitrogens with one attached hydrogen (secondary N) is 2. The zero-order valence-corrected chi connectivity index (χ0v) is 19.7. The second kappa shape index (κ2) is 10.1. The van der Waals surface area contributed by atoms with Crippen molar-refractivity contribution in [2.45, 2.75) is 19.4 Å². The molecular weight excluding hydrogens is 440 g/mol. The van der Waals surface area contributed by atoms with Crippen molar-refractivity contribution >= 4 is 17.5 Å². The lowest BCUT2D eigenvalue weighted by atomic mass is 9.98. The van der Waals surface area contributed by atoms with Crippen LogP contribution in [0.5, 0.6) is 0 Å². The van der Waals surface area contributed by atoms with Crippen LogP contribution in [0.3, 0.4) is 0 Å². The second-order valence-electron chi connectivity index (χ2n) is 8.86. The van der Waals surface area contributed by atoms with E-state index in [1.807, 2.05) is 37.3 Å². The molecule has 2 N–H and O–H groups in total. The van der Waals surface area contributed by atoms with E-state index in [4.69, 9.17) is 10.3 Å². The number of rotatable bonds is 6. The molecule has 0 unspecified atom stereocenters. The Hall–Kier alpha value is -4.00. The van der Waals surface area contributed by atoms with Crippen LogP contribution in [0.15, 0.2) is 65.8 Å². The molecule has 1 aliphatic heterocycles. The van der Waals surface area contributed by atoms with E-state index in [9.17, 15) is 4.79 Å². The highest BCUT2D eigenvalue weighted by Crippen LogP contribution is 2.44. The van der Waals surface area contributed by atoms with E-state index >= 15 is 0 Å². The van der Waals surface area contributed by atoms with E-state index in [2.05, 4.69) is 55.9 Å². The molecule has 1 saturated heterocycles. The van der Waals surface area contributed by atoms with E-state index in [0.29, 0.717) is 5.69 Å². The van der Waals surface area contributed by atoms with Crippen LogP contribution in [0.1, 0.15) is 28.2 Å². The first-order valence-corrected chi connectivity index (χ1v) is 11.9. The molecule has 1 heterocycles. The molecule has 8 nitrogen and oxygen atoms in total. The molecule has 2 aliphatic rings. The molecule has 0 bridgehead atoms. The number of alkyl carbamates (subject to hydrolysis) is 1. The minimum atomic E-state index is -0.471. The normalized spacial score (nSPS) is 14.6. The first kappa shape index (κ1) is 22.8. The van der Waals surface area contributed by atoms with E-state index < -0.39 is 6.09 Å². The average Bonchev–Trinajstić information content (AvgIpc) is 3.22. The monoisotopic (exact) mass is 468 g/mol. The smallest absolute Gasteiger partial charge is 0.407 e. The summed E-state index contributed by atoms with van der Waals surface area (Å²) in [5.41, 5.74) is 17.2. The van der Waals surface area contributed by atoms with Crippen molar-refractivity contribution in [1.29, 1.82) is 0 Å².